The van der Waals surface area contributed by atoms with E-state index in [1.165, 1.54) is 5.57 Å². The first-order valence-electron chi connectivity index (χ1n) is 10.3. The molecule has 0 aliphatic carbocycles. The topological polar surface area (TPSA) is 61.8 Å². The van der Waals surface area contributed by atoms with Crippen LogP contribution < -0.4 is 15.1 Å². The van der Waals surface area contributed by atoms with Crippen molar-refractivity contribution in [2.24, 2.45) is 0 Å². The van der Waals surface area contributed by atoms with Gasteiger partial charge in [-0.15, -0.1) is 0 Å². The lowest BCUT2D eigenvalue weighted by Crippen LogP contribution is -2.33. The summed E-state index contributed by atoms with van der Waals surface area (Å²) in [6, 6.07) is 7.54. The van der Waals surface area contributed by atoms with Crippen molar-refractivity contribution in [1.82, 2.24) is 0 Å². The Hall–Kier alpha value is -2.95. The van der Waals surface area contributed by atoms with Gasteiger partial charge in [0.1, 0.15) is 28.4 Å². The van der Waals surface area contributed by atoms with Gasteiger partial charge in [0.15, 0.2) is 0 Å². The second kappa shape index (κ2) is 7.71. The van der Waals surface area contributed by atoms with Gasteiger partial charge in [-0.1, -0.05) is 18.6 Å². The fourth-order valence-electron chi connectivity index (χ4n) is 4.21. The first-order valence-corrected chi connectivity index (χ1v) is 10.3. The first kappa shape index (κ1) is 20.3. The van der Waals surface area contributed by atoms with Crippen molar-refractivity contribution < 1.29 is 18.3 Å². The van der Waals surface area contributed by atoms with Gasteiger partial charge in [-0.05, 0) is 57.4 Å². The molecule has 0 saturated heterocycles. The first-order chi connectivity index (χ1) is 14.3. The molecule has 4 rings (SSSR count). The van der Waals surface area contributed by atoms with Crippen molar-refractivity contribution in [3.8, 4) is 11.5 Å². The van der Waals surface area contributed by atoms with E-state index in [0.29, 0.717) is 22.6 Å². The van der Waals surface area contributed by atoms with E-state index in [0.717, 1.165) is 36.0 Å². The third kappa shape index (κ3) is 3.64. The molecule has 0 unspecified atom stereocenters. The van der Waals surface area contributed by atoms with Crippen molar-refractivity contribution in [2.75, 3.05) is 7.11 Å². The van der Waals surface area contributed by atoms with Crippen LogP contribution in [-0.4, -0.2) is 12.7 Å². The molecule has 3 aromatic rings. The van der Waals surface area contributed by atoms with Gasteiger partial charge in [0.2, 0.25) is 0 Å². The van der Waals surface area contributed by atoms with Gasteiger partial charge in [-0.3, -0.25) is 0 Å². The van der Waals surface area contributed by atoms with Crippen molar-refractivity contribution in [1.29, 1.82) is 0 Å². The smallest absolute Gasteiger partial charge is 0.343 e. The summed E-state index contributed by atoms with van der Waals surface area (Å²) >= 11 is 0. The van der Waals surface area contributed by atoms with Crippen LogP contribution in [0.3, 0.4) is 0 Å². The van der Waals surface area contributed by atoms with E-state index in [-0.39, 0.29) is 11.5 Å². The summed E-state index contributed by atoms with van der Waals surface area (Å²) in [5, 5.41) is 0.806. The van der Waals surface area contributed by atoms with Crippen LogP contribution in [0.4, 0.5) is 0 Å². The zero-order chi connectivity index (χ0) is 21.5. The lowest BCUT2D eigenvalue weighted by atomic mass is 9.84. The summed E-state index contributed by atoms with van der Waals surface area (Å²) in [5.74, 6) is 2.21. The molecular formula is C25H28O5. The molecule has 1 aliphatic heterocycles. The molecule has 158 valence electrons. The number of aryl methyl sites for hydroxylation is 1. The Kier molecular flexibility index (Phi) is 5.22. The Bertz CT molecular complexity index is 1170. The summed E-state index contributed by atoms with van der Waals surface area (Å²) in [6.45, 7) is 8.26. The Morgan fingerprint density at radius 3 is 2.80 bits per heavy atom. The monoisotopic (exact) mass is 408 g/mol. The number of hydrogen-bond acceptors (Lipinski definition) is 5. The molecule has 0 N–H and O–H groups in total. The standard InChI is InChI=1S/C25H28O5/c1-15(11-19-12-16(2)14-28-19)7-6-10-25(4)17(3)22-23(30-25)20-9-8-18(27-5)13-21(20)29-24(22)26/h7-9,12-14,17H,6,10-11H2,1-5H3/b15-7+/t17-,25+/m1/s1. The van der Waals surface area contributed by atoms with Gasteiger partial charge in [-0.25, -0.2) is 4.79 Å². The normalized spacial score (nSPS) is 21.0. The molecule has 0 spiro atoms. The van der Waals surface area contributed by atoms with Crippen molar-refractivity contribution >= 4 is 11.0 Å². The van der Waals surface area contributed by atoms with E-state index in [2.05, 4.69) is 26.0 Å². The van der Waals surface area contributed by atoms with E-state index in [9.17, 15) is 4.79 Å². The molecular weight excluding hydrogens is 380 g/mol. The highest BCUT2D eigenvalue weighted by atomic mass is 16.5. The number of rotatable bonds is 6. The van der Waals surface area contributed by atoms with Crippen molar-refractivity contribution in [3.05, 3.63) is 69.5 Å². The third-order valence-corrected chi connectivity index (χ3v) is 6.16. The quantitative estimate of drug-likeness (QED) is 0.374. The SMILES string of the molecule is COc1ccc2c3c(c(=O)oc2c1)[C@@H](C)[C@](C)(CC/C=C(\C)Cc1cc(C)co1)O3. The molecule has 0 amide bonds. The van der Waals surface area contributed by atoms with Gasteiger partial charge in [0, 0.05) is 18.4 Å². The van der Waals surface area contributed by atoms with Crippen LogP contribution in [0.2, 0.25) is 0 Å². The van der Waals surface area contributed by atoms with Gasteiger partial charge >= 0.3 is 5.63 Å². The van der Waals surface area contributed by atoms with Crippen LogP contribution in [0.15, 0.2) is 55.8 Å². The largest absolute Gasteiger partial charge is 0.497 e. The maximum absolute atomic E-state index is 12.7. The van der Waals surface area contributed by atoms with Gasteiger partial charge < -0.3 is 18.3 Å². The molecule has 5 nitrogen and oxygen atoms in total. The highest BCUT2D eigenvalue weighted by molar-refractivity contribution is 5.86. The highest BCUT2D eigenvalue weighted by Gasteiger charge is 2.44. The van der Waals surface area contributed by atoms with Gasteiger partial charge in [0.05, 0.1) is 24.3 Å². The molecule has 1 aliphatic rings. The number of fused-ring (bicyclic) bond motifs is 3. The third-order valence-electron chi connectivity index (χ3n) is 6.16. The van der Waals surface area contributed by atoms with Crippen LogP contribution in [0.5, 0.6) is 11.5 Å². The average Bonchev–Trinajstić information content (AvgIpc) is 3.22. The number of methoxy groups -OCH3 is 1. The molecule has 30 heavy (non-hydrogen) atoms. The fraction of sp³-hybridized carbons (Fsp3) is 0.400. The van der Waals surface area contributed by atoms with Crippen LogP contribution >= 0.6 is 0 Å². The molecule has 5 heteroatoms. The number of benzene rings is 1. The molecule has 0 radical (unpaired) electrons. The minimum atomic E-state index is -0.469. The van der Waals surface area contributed by atoms with E-state index < -0.39 is 5.60 Å². The second-order valence-electron chi connectivity index (χ2n) is 8.49. The highest BCUT2D eigenvalue weighted by Crippen LogP contribution is 2.48. The predicted octanol–water partition coefficient (Wildman–Crippen LogP) is 5.93. The fourth-order valence-corrected chi connectivity index (χ4v) is 4.21. The van der Waals surface area contributed by atoms with Crippen LogP contribution in [-0.2, 0) is 6.42 Å². The summed E-state index contributed by atoms with van der Waals surface area (Å²) in [4.78, 5) is 12.7. The number of allylic oxidation sites excluding steroid dienone is 2. The van der Waals surface area contributed by atoms with Crippen molar-refractivity contribution in [3.63, 3.8) is 0 Å². The van der Waals surface area contributed by atoms with Gasteiger partial charge in [0.25, 0.3) is 0 Å². The summed E-state index contributed by atoms with van der Waals surface area (Å²) in [7, 11) is 1.59. The molecule has 1 aromatic carbocycles. The predicted molar refractivity (Wildman–Crippen MR) is 117 cm³/mol. The molecule has 0 fully saturated rings. The maximum atomic E-state index is 12.7. The molecule has 2 aromatic heterocycles. The number of furan rings is 1. The molecule has 2 atom stereocenters. The second-order valence-corrected chi connectivity index (χ2v) is 8.49. The molecule has 0 saturated carbocycles. The summed E-state index contributed by atoms with van der Waals surface area (Å²) < 4.78 is 22.8. The minimum absolute atomic E-state index is 0.0586. The van der Waals surface area contributed by atoms with Crippen molar-refractivity contribution in [2.45, 2.75) is 58.5 Å². The Balaban J connectivity index is 1.54. The Morgan fingerprint density at radius 1 is 1.30 bits per heavy atom. The van der Waals surface area contributed by atoms with E-state index >= 15 is 0 Å². The minimum Gasteiger partial charge on any atom is -0.497 e. The Morgan fingerprint density at radius 2 is 2.10 bits per heavy atom. The zero-order valence-corrected chi connectivity index (χ0v) is 18.2. The van der Waals surface area contributed by atoms with E-state index in [4.69, 9.17) is 18.3 Å². The number of ether oxygens (including phenoxy) is 2. The van der Waals surface area contributed by atoms with Crippen LogP contribution in [0.1, 0.15) is 56.4 Å². The van der Waals surface area contributed by atoms with E-state index in [1.54, 1.807) is 19.4 Å². The lowest BCUT2D eigenvalue weighted by Gasteiger charge is -2.28. The van der Waals surface area contributed by atoms with Crippen LogP contribution in [0, 0.1) is 6.92 Å². The maximum Gasteiger partial charge on any atom is 0.343 e. The molecule has 0 bridgehead atoms. The number of hydrogen-bond donors (Lipinski definition) is 0. The Labute approximate surface area is 176 Å². The summed E-state index contributed by atoms with van der Waals surface area (Å²) in [5.41, 5.74) is 2.71. The van der Waals surface area contributed by atoms with Gasteiger partial charge in [-0.2, -0.15) is 0 Å². The molecule has 3 heterocycles. The average molecular weight is 408 g/mol. The van der Waals surface area contributed by atoms with Crippen LogP contribution in [0.25, 0.3) is 11.0 Å². The van der Waals surface area contributed by atoms with E-state index in [1.807, 2.05) is 26.0 Å². The zero-order valence-electron chi connectivity index (χ0n) is 18.2. The lowest BCUT2D eigenvalue weighted by molar-refractivity contribution is 0.0862. The summed E-state index contributed by atoms with van der Waals surface area (Å²) in [6.07, 6.45) is 6.47.